The van der Waals surface area contributed by atoms with E-state index in [0.717, 1.165) is 77.2 Å². The maximum absolute atomic E-state index is 5.48. The topological polar surface area (TPSA) is 74.8 Å². The first-order valence-corrected chi connectivity index (χ1v) is 9.94. The molecular weight excluding hydrogens is 356 g/mol. The first-order valence-electron chi connectivity index (χ1n) is 9.94. The number of anilines is 4. The van der Waals surface area contributed by atoms with E-state index in [1.807, 2.05) is 12.1 Å². The fourth-order valence-electron chi connectivity index (χ4n) is 3.46. The SMILES string of the molecule is c1ccc(N2CCOCC2)c(Nc2ccnc(NCCN3CCOCC3)n2)c1. The highest BCUT2D eigenvalue weighted by atomic mass is 16.5. The van der Waals surface area contributed by atoms with E-state index in [1.54, 1.807) is 6.20 Å². The lowest BCUT2D eigenvalue weighted by atomic mass is 10.2. The number of para-hydroxylation sites is 2. The van der Waals surface area contributed by atoms with E-state index in [0.29, 0.717) is 5.95 Å². The number of benzene rings is 1. The van der Waals surface area contributed by atoms with Crippen molar-refractivity contribution in [1.29, 1.82) is 0 Å². The Balaban J connectivity index is 1.37. The zero-order valence-electron chi connectivity index (χ0n) is 16.1. The van der Waals surface area contributed by atoms with Gasteiger partial charge in [-0.3, -0.25) is 4.90 Å². The molecule has 2 fully saturated rings. The summed E-state index contributed by atoms with van der Waals surface area (Å²) in [6, 6.07) is 10.2. The summed E-state index contributed by atoms with van der Waals surface area (Å²) in [7, 11) is 0. The maximum atomic E-state index is 5.48. The number of nitrogens with one attached hydrogen (secondary N) is 2. The van der Waals surface area contributed by atoms with Gasteiger partial charge in [0.05, 0.1) is 37.8 Å². The molecule has 0 radical (unpaired) electrons. The van der Waals surface area contributed by atoms with Crippen LogP contribution in [-0.4, -0.2) is 80.6 Å². The molecule has 0 bridgehead atoms. The largest absolute Gasteiger partial charge is 0.379 e. The molecule has 0 aliphatic carbocycles. The third kappa shape index (κ3) is 5.09. The fraction of sp³-hybridized carbons (Fsp3) is 0.500. The number of hydrogen-bond donors (Lipinski definition) is 2. The average Bonchev–Trinajstić information content (AvgIpc) is 2.76. The predicted molar refractivity (Wildman–Crippen MR) is 111 cm³/mol. The number of hydrogen-bond acceptors (Lipinski definition) is 8. The van der Waals surface area contributed by atoms with Crippen LogP contribution in [0.4, 0.5) is 23.1 Å². The van der Waals surface area contributed by atoms with Crippen LogP contribution in [0.25, 0.3) is 0 Å². The van der Waals surface area contributed by atoms with E-state index in [4.69, 9.17) is 9.47 Å². The van der Waals surface area contributed by atoms with Gasteiger partial charge in [-0.25, -0.2) is 4.98 Å². The van der Waals surface area contributed by atoms with Gasteiger partial charge in [-0.1, -0.05) is 12.1 Å². The number of morpholine rings is 2. The highest BCUT2D eigenvalue weighted by Gasteiger charge is 2.15. The van der Waals surface area contributed by atoms with Gasteiger partial charge in [-0.15, -0.1) is 0 Å². The van der Waals surface area contributed by atoms with E-state index in [-0.39, 0.29) is 0 Å². The van der Waals surface area contributed by atoms with Crippen molar-refractivity contribution in [1.82, 2.24) is 14.9 Å². The van der Waals surface area contributed by atoms with E-state index in [1.165, 1.54) is 5.69 Å². The molecule has 0 atom stereocenters. The van der Waals surface area contributed by atoms with Gasteiger partial charge in [-0.2, -0.15) is 4.98 Å². The molecule has 8 nitrogen and oxygen atoms in total. The first kappa shape index (κ1) is 18.9. The molecule has 1 aromatic carbocycles. The molecule has 150 valence electrons. The Bertz CT molecular complexity index is 747. The summed E-state index contributed by atoms with van der Waals surface area (Å²) >= 11 is 0. The number of nitrogens with zero attached hydrogens (tertiary/aromatic N) is 4. The standard InChI is InChI=1S/C20H28N6O2/c1-2-4-18(26-11-15-28-16-12-26)17(3-1)23-19-5-6-21-20(24-19)22-7-8-25-9-13-27-14-10-25/h1-6H,7-16H2,(H2,21,22,23,24). The van der Waals surface area contributed by atoms with Crippen LogP contribution in [0.15, 0.2) is 36.5 Å². The quantitative estimate of drug-likeness (QED) is 0.749. The second-order valence-corrected chi connectivity index (χ2v) is 6.89. The molecule has 3 heterocycles. The molecule has 2 aromatic rings. The predicted octanol–water partition coefficient (Wildman–Crippen LogP) is 1.80. The van der Waals surface area contributed by atoms with Crippen LogP contribution in [-0.2, 0) is 9.47 Å². The van der Waals surface area contributed by atoms with E-state index >= 15 is 0 Å². The van der Waals surface area contributed by atoms with Crippen molar-refractivity contribution in [2.75, 3.05) is 81.2 Å². The van der Waals surface area contributed by atoms with E-state index < -0.39 is 0 Å². The Hall–Kier alpha value is -2.42. The Morgan fingerprint density at radius 2 is 1.68 bits per heavy atom. The second kappa shape index (κ2) is 9.68. The highest BCUT2D eigenvalue weighted by molar-refractivity contribution is 5.74. The molecule has 2 saturated heterocycles. The number of ether oxygens (including phenoxy) is 2. The van der Waals surface area contributed by atoms with Gasteiger partial charge in [0.2, 0.25) is 5.95 Å². The molecule has 0 saturated carbocycles. The lowest BCUT2D eigenvalue weighted by molar-refractivity contribution is 0.0398. The summed E-state index contributed by atoms with van der Waals surface area (Å²) in [6.45, 7) is 8.71. The zero-order chi connectivity index (χ0) is 19.0. The molecule has 0 amide bonds. The Morgan fingerprint density at radius 3 is 2.50 bits per heavy atom. The minimum Gasteiger partial charge on any atom is -0.379 e. The van der Waals surface area contributed by atoms with Gasteiger partial charge in [0, 0.05) is 45.5 Å². The normalized spacial score (nSPS) is 18.1. The lowest BCUT2D eigenvalue weighted by Crippen LogP contribution is -2.39. The number of aromatic nitrogens is 2. The average molecular weight is 384 g/mol. The van der Waals surface area contributed by atoms with Crippen molar-refractivity contribution < 1.29 is 9.47 Å². The summed E-state index contributed by atoms with van der Waals surface area (Å²) in [5.41, 5.74) is 2.22. The molecule has 0 unspecified atom stereocenters. The van der Waals surface area contributed by atoms with Gasteiger partial charge >= 0.3 is 0 Å². The van der Waals surface area contributed by atoms with Gasteiger partial charge < -0.3 is 25.0 Å². The Kier molecular flexibility index (Phi) is 6.54. The lowest BCUT2D eigenvalue weighted by Gasteiger charge is -2.30. The summed E-state index contributed by atoms with van der Waals surface area (Å²) in [4.78, 5) is 13.7. The van der Waals surface area contributed by atoms with Crippen molar-refractivity contribution >= 4 is 23.1 Å². The minimum absolute atomic E-state index is 0.641. The van der Waals surface area contributed by atoms with E-state index in [9.17, 15) is 0 Å². The molecule has 2 N–H and O–H groups in total. The molecule has 1 aromatic heterocycles. The van der Waals surface area contributed by atoms with Crippen molar-refractivity contribution in [2.45, 2.75) is 0 Å². The summed E-state index contributed by atoms with van der Waals surface area (Å²) in [5, 5.41) is 6.77. The monoisotopic (exact) mass is 384 g/mol. The summed E-state index contributed by atoms with van der Waals surface area (Å²) < 4.78 is 10.9. The maximum Gasteiger partial charge on any atom is 0.224 e. The first-order chi connectivity index (χ1) is 13.9. The van der Waals surface area contributed by atoms with Gasteiger partial charge in [-0.05, 0) is 18.2 Å². The summed E-state index contributed by atoms with van der Waals surface area (Å²) in [5.74, 6) is 1.42. The Morgan fingerprint density at radius 1 is 0.929 bits per heavy atom. The van der Waals surface area contributed by atoms with Crippen molar-refractivity contribution in [3.63, 3.8) is 0 Å². The van der Waals surface area contributed by atoms with Crippen LogP contribution in [0.5, 0.6) is 0 Å². The molecule has 2 aliphatic heterocycles. The van der Waals surface area contributed by atoms with Crippen LogP contribution in [0.3, 0.4) is 0 Å². The zero-order valence-corrected chi connectivity index (χ0v) is 16.1. The second-order valence-electron chi connectivity index (χ2n) is 6.89. The fourth-order valence-corrected chi connectivity index (χ4v) is 3.46. The molecule has 28 heavy (non-hydrogen) atoms. The van der Waals surface area contributed by atoms with Crippen LogP contribution < -0.4 is 15.5 Å². The molecule has 4 rings (SSSR count). The smallest absolute Gasteiger partial charge is 0.224 e. The molecule has 0 spiro atoms. The van der Waals surface area contributed by atoms with Gasteiger partial charge in [0.15, 0.2) is 0 Å². The van der Waals surface area contributed by atoms with Crippen LogP contribution >= 0.6 is 0 Å². The molecular formula is C20H28N6O2. The Labute approximate surface area is 165 Å². The number of rotatable bonds is 7. The molecule has 8 heteroatoms. The van der Waals surface area contributed by atoms with Crippen molar-refractivity contribution in [2.24, 2.45) is 0 Å². The van der Waals surface area contributed by atoms with Crippen LogP contribution in [0, 0.1) is 0 Å². The molecule has 2 aliphatic rings. The van der Waals surface area contributed by atoms with Gasteiger partial charge in [0.1, 0.15) is 5.82 Å². The highest BCUT2D eigenvalue weighted by Crippen LogP contribution is 2.28. The van der Waals surface area contributed by atoms with Crippen LogP contribution in [0.1, 0.15) is 0 Å². The third-order valence-corrected chi connectivity index (χ3v) is 4.99. The van der Waals surface area contributed by atoms with Crippen molar-refractivity contribution in [3.8, 4) is 0 Å². The van der Waals surface area contributed by atoms with Crippen LogP contribution in [0.2, 0.25) is 0 Å². The summed E-state index contributed by atoms with van der Waals surface area (Å²) in [6.07, 6.45) is 1.78. The third-order valence-electron chi connectivity index (χ3n) is 4.99. The van der Waals surface area contributed by atoms with Gasteiger partial charge in [0.25, 0.3) is 0 Å². The minimum atomic E-state index is 0.641. The van der Waals surface area contributed by atoms with Crippen molar-refractivity contribution in [3.05, 3.63) is 36.5 Å². The van der Waals surface area contributed by atoms with E-state index in [2.05, 4.69) is 48.6 Å².